The first-order valence-electron chi connectivity index (χ1n) is 12.3. The molecule has 1 atom stereocenters. The Morgan fingerprint density at radius 1 is 0.806 bits per heavy atom. The van der Waals surface area contributed by atoms with Crippen molar-refractivity contribution in [2.75, 3.05) is 0 Å². The molecule has 36 heavy (non-hydrogen) atoms. The van der Waals surface area contributed by atoms with Gasteiger partial charge in [-0.2, -0.15) is 0 Å². The fraction of sp³-hybridized carbons (Fsp3) is 0.300. The number of hydrogen-bond acceptors (Lipinski definition) is 3. The Hall–Kier alpha value is -1.37. The van der Waals surface area contributed by atoms with Crippen LogP contribution in [0.25, 0.3) is 0 Å². The molecule has 0 fully saturated rings. The molecule has 0 aliphatic heterocycles. The van der Waals surface area contributed by atoms with E-state index in [1.165, 1.54) is 15.9 Å². The van der Waals surface area contributed by atoms with Crippen molar-refractivity contribution in [3.63, 3.8) is 0 Å². The van der Waals surface area contributed by atoms with E-state index in [0.29, 0.717) is 0 Å². The predicted molar refractivity (Wildman–Crippen MR) is 158 cm³/mol. The van der Waals surface area contributed by atoms with Crippen LogP contribution in [0.15, 0.2) is 96.4 Å². The summed E-state index contributed by atoms with van der Waals surface area (Å²) in [6, 6.07) is 33.1. The molecule has 4 rings (SSSR count). The van der Waals surface area contributed by atoms with Gasteiger partial charge in [0.1, 0.15) is 34.3 Å². The summed E-state index contributed by atoms with van der Waals surface area (Å²) in [4.78, 5) is 5.18. The van der Waals surface area contributed by atoms with E-state index in [2.05, 4.69) is 137 Å². The van der Waals surface area contributed by atoms with E-state index in [1.807, 2.05) is 0 Å². The van der Waals surface area contributed by atoms with Crippen molar-refractivity contribution in [1.29, 1.82) is 0 Å². The maximum atomic E-state index is 6.68. The average molecular weight is 646 g/mol. The summed E-state index contributed by atoms with van der Waals surface area (Å²) in [5.41, 5.74) is 1.15. The topological polar surface area (TPSA) is 22.1 Å². The maximum absolute atomic E-state index is 6.68. The molecule has 0 saturated heterocycles. The summed E-state index contributed by atoms with van der Waals surface area (Å²) in [5, 5.41) is 7.67. The molecule has 3 aromatic carbocycles. The number of halogens is 1. The zero-order chi connectivity index (χ0) is 25.1. The summed E-state index contributed by atoms with van der Waals surface area (Å²) in [5.74, 6) is 0. The first-order valence-corrected chi connectivity index (χ1v) is 18.1. The third-order valence-electron chi connectivity index (χ3n) is 7.18. The average Bonchev–Trinajstić information content (AvgIpc) is 3.32. The summed E-state index contributed by atoms with van der Waals surface area (Å²) in [6.07, 6.45) is 0.904. The van der Waals surface area contributed by atoms with Crippen LogP contribution < -0.4 is 39.9 Å². The monoisotopic (exact) mass is 645 g/mol. The number of rotatable bonds is 8. The third-order valence-corrected chi connectivity index (χ3v) is 17.1. The molecular weight excluding hydrogens is 608 g/mol. The van der Waals surface area contributed by atoms with Gasteiger partial charge in [-0.15, -0.1) is 11.3 Å². The molecule has 0 aliphatic carbocycles. The lowest BCUT2D eigenvalue weighted by Crippen LogP contribution is -3.00. The molecule has 4 aromatic rings. The molecule has 2 nitrogen and oxygen atoms in total. The Bertz CT molecular complexity index is 1130. The van der Waals surface area contributed by atoms with Crippen molar-refractivity contribution >= 4 is 42.8 Å². The van der Waals surface area contributed by atoms with Gasteiger partial charge in [0, 0.05) is 5.38 Å². The Morgan fingerprint density at radius 2 is 1.22 bits per heavy atom. The van der Waals surface area contributed by atoms with Crippen LogP contribution in [0, 0.1) is 0 Å². The number of benzene rings is 3. The molecule has 0 radical (unpaired) electrons. The van der Waals surface area contributed by atoms with Crippen LogP contribution in [0.4, 0.5) is 0 Å². The van der Waals surface area contributed by atoms with Gasteiger partial charge in [-0.3, -0.25) is 0 Å². The Labute approximate surface area is 240 Å². The quantitative estimate of drug-likeness (QED) is 0.157. The van der Waals surface area contributed by atoms with Gasteiger partial charge in [-0.25, -0.2) is 4.98 Å². The van der Waals surface area contributed by atoms with Crippen molar-refractivity contribution in [3.05, 3.63) is 107 Å². The second-order valence-corrected chi connectivity index (χ2v) is 19.8. The number of aromatic nitrogens is 1. The van der Waals surface area contributed by atoms with Gasteiger partial charge in [-0.1, -0.05) is 75.4 Å². The minimum absolute atomic E-state index is 0. The second-order valence-electron chi connectivity index (χ2n) is 10.7. The lowest BCUT2D eigenvalue weighted by Gasteiger charge is -2.38. The van der Waals surface area contributed by atoms with Gasteiger partial charge < -0.3 is 28.4 Å². The highest BCUT2D eigenvalue weighted by molar-refractivity contribution is 7.95. The van der Waals surface area contributed by atoms with Crippen molar-refractivity contribution in [2.24, 2.45) is 0 Å². The molecule has 0 saturated carbocycles. The molecule has 0 N–H and O–H groups in total. The summed E-state index contributed by atoms with van der Waals surface area (Å²) in [7, 11) is -3.82. The Morgan fingerprint density at radius 3 is 1.61 bits per heavy atom. The van der Waals surface area contributed by atoms with Crippen LogP contribution in [0.1, 0.15) is 44.5 Å². The van der Waals surface area contributed by atoms with Crippen molar-refractivity contribution in [2.45, 2.75) is 58.1 Å². The summed E-state index contributed by atoms with van der Waals surface area (Å²) >= 11 is 1.74. The molecule has 1 aromatic heterocycles. The zero-order valence-electron chi connectivity index (χ0n) is 22.1. The molecule has 190 valence electrons. The zero-order valence-corrected chi connectivity index (χ0v) is 27.0. The van der Waals surface area contributed by atoms with Crippen LogP contribution in [0.5, 0.6) is 0 Å². The molecule has 1 unspecified atom stereocenters. The lowest BCUT2D eigenvalue weighted by atomic mass is 10.2. The summed E-state index contributed by atoms with van der Waals surface area (Å²) in [6.45, 7) is 13.7. The highest BCUT2D eigenvalue weighted by atomic mass is 127. The number of hydrogen-bond donors (Lipinski definition) is 0. The van der Waals surface area contributed by atoms with Gasteiger partial charge in [0.05, 0.1) is 11.8 Å². The van der Waals surface area contributed by atoms with Gasteiger partial charge in [-0.05, 0) is 61.5 Å². The van der Waals surface area contributed by atoms with Crippen molar-refractivity contribution in [3.8, 4) is 0 Å². The molecule has 6 heteroatoms. The number of nitrogens with zero attached hydrogens (tertiary/aromatic N) is 1. The predicted octanol–water partition coefficient (Wildman–Crippen LogP) is 4.72. The van der Waals surface area contributed by atoms with E-state index >= 15 is 0 Å². The van der Waals surface area contributed by atoms with Gasteiger partial charge >= 0.3 is 0 Å². The Balaban J connectivity index is 0.00000361. The fourth-order valence-corrected chi connectivity index (χ4v) is 10.8. The van der Waals surface area contributed by atoms with Crippen molar-refractivity contribution in [1.82, 2.24) is 4.98 Å². The van der Waals surface area contributed by atoms with Crippen LogP contribution in [-0.2, 0) is 10.6 Å². The summed E-state index contributed by atoms with van der Waals surface area (Å²) < 4.78 is 6.68. The molecule has 1 heterocycles. The largest absolute Gasteiger partial charge is 1.00 e. The molecule has 0 amide bonds. The minimum Gasteiger partial charge on any atom is -1.00 e. The smallest absolute Gasteiger partial charge is 0.193 e. The molecule has 0 bridgehead atoms. The molecule has 0 aliphatic rings. The van der Waals surface area contributed by atoms with Gasteiger partial charge in [0.25, 0.3) is 0 Å². The molecule has 0 spiro atoms. The highest BCUT2D eigenvalue weighted by Gasteiger charge is 2.46. The SMILES string of the molecule is CC(O[Si](C)(C)C(C)(C)C)c1nc(C[P+](c2ccccc2)(c2ccccc2)c2ccccc2)cs1.[I-]. The normalized spacial score (nSPS) is 13.2. The second kappa shape index (κ2) is 12.0. The van der Waals surface area contributed by atoms with Crippen molar-refractivity contribution < 1.29 is 28.4 Å². The lowest BCUT2D eigenvalue weighted by molar-refractivity contribution is -0.00000877. The van der Waals surface area contributed by atoms with Crippen LogP contribution >= 0.6 is 18.6 Å². The third kappa shape index (κ3) is 6.19. The Kier molecular flexibility index (Phi) is 9.73. The van der Waals surface area contributed by atoms with Crippen LogP contribution in [0.3, 0.4) is 0 Å². The van der Waals surface area contributed by atoms with Gasteiger partial charge in [0.2, 0.25) is 0 Å². The molecular formula is C30H37INOPSSi. The fourth-order valence-electron chi connectivity index (χ4n) is 4.26. The van der Waals surface area contributed by atoms with E-state index in [4.69, 9.17) is 9.41 Å². The standard InChI is InChI=1S/C30H37NOPSSi.HI/c1-24(32-35(5,6)30(2,3)4)29-31-25(23-34-29)22-33(26-16-10-7-11-17-26,27-18-12-8-13-19-27)28-20-14-9-15-21-28;/h7-21,23-24H,22H2,1-6H3;1H/q+1;/p-1. The van der Waals surface area contributed by atoms with E-state index < -0.39 is 15.6 Å². The first kappa shape index (κ1) is 29.2. The van der Waals surface area contributed by atoms with E-state index in [9.17, 15) is 0 Å². The minimum atomic E-state index is -1.95. The van der Waals surface area contributed by atoms with E-state index in [-0.39, 0.29) is 35.1 Å². The van der Waals surface area contributed by atoms with Crippen LogP contribution in [-0.4, -0.2) is 13.3 Å². The number of thiazole rings is 1. The van der Waals surface area contributed by atoms with Gasteiger partial charge in [0.15, 0.2) is 8.32 Å². The first-order chi connectivity index (χ1) is 16.6. The van der Waals surface area contributed by atoms with E-state index in [0.717, 1.165) is 16.9 Å². The maximum Gasteiger partial charge on any atom is 0.193 e. The highest BCUT2D eigenvalue weighted by Crippen LogP contribution is 2.58. The van der Waals surface area contributed by atoms with E-state index in [1.54, 1.807) is 11.3 Å². The van der Waals surface area contributed by atoms with Crippen LogP contribution in [0.2, 0.25) is 18.1 Å².